The fourth-order valence-electron chi connectivity index (χ4n) is 3.28. The van der Waals surface area contributed by atoms with Crippen LogP contribution in [0.15, 0.2) is 60.7 Å². The first kappa shape index (κ1) is 19.1. The Bertz CT molecular complexity index is 743. The van der Waals surface area contributed by atoms with Crippen LogP contribution in [0.4, 0.5) is 5.69 Å². The van der Waals surface area contributed by atoms with Crippen molar-refractivity contribution in [3.8, 4) is 0 Å². The van der Waals surface area contributed by atoms with Crippen molar-refractivity contribution in [3.05, 3.63) is 66.2 Å². The van der Waals surface area contributed by atoms with Crippen molar-refractivity contribution in [2.75, 3.05) is 24.6 Å². The lowest BCUT2D eigenvalue weighted by Gasteiger charge is -2.28. The van der Waals surface area contributed by atoms with Crippen LogP contribution in [-0.2, 0) is 20.9 Å². The molecule has 1 atom stereocenters. The van der Waals surface area contributed by atoms with Gasteiger partial charge >= 0.3 is 0 Å². The Kier molecular flexibility index (Phi) is 6.60. The van der Waals surface area contributed by atoms with Gasteiger partial charge in [-0.1, -0.05) is 48.5 Å². The summed E-state index contributed by atoms with van der Waals surface area (Å²) in [7, 11) is 0. The fourth-order valence-corrected chi connectivity index (χ4v) is 3.28. The van der Waals surface area contributed by atoms with E-state index in [1.54, 1.807) is 9.80 Å². The summed E-state index contributed by atoms with van der Waals surface area (Å²) in [5.41, 5.74) is 1.87. The van der Waals surface area contributed by atoms with Gasteiger partial charge in [0.25, 0.3) is 0 Å². The Morgan fingerprint density at radius 2 is 1.70 bits per heavy atom. The molecule has 0 spiro atoms. The molecule has 1 saturated heterocycles. The second-order valence-electron chi connectivity index (χ2n) is 6.84. The first-order valence-corrected chi connectivity index (χ1v) is 9.40. The standard InChI is InChI=1S/C22H26N2O3/c1-18(25)23(16-21-13-8-14-27-21)17-22(26)24(20-11-6-3-7-12-20)15-19-9-4-2-5-10-19/h2-7,9-12,21H,8,13-17H2,1H3. The van der Waals surface area contributed by atoms with Crippen LogP contribution in [0.2, 0.25) is 0 Å². The van der Waals surface area contributed by atoms with E-state index in [1.165, 1.54) is 6.92 Å². The predicted octanol–water partition coefficient (Wildman–Crippen LogP) is 3.25. The van der Waals surface area contributed by atoms with Crippen LogP contribution in [0, 0.1) is 0 Å². The third-order valence-electron chi connectivity index (χ3n) is 4.77. The van der Waals surface area contributed by atoms with E-state index >= 15 is 0 Å². The van der Waals surface area contributed by atoms with Gasteiger partial charge in [-0.05, 0) is 30.5 Å². The zero-order chi connectivity index (χ0) is 19.1. The molecule has 2 aromatic carbocycles. The Labute approximate surface area is 160 Å². The Hall–Kier alpha value is -2.66. The average Bonchev–Trinajstić information content (AvgIpc) is 3.20. The first-order chi connectivity index (χ1) is 13.1. The summed E-state index contributed by atoms with van der Waals surface area (Å²) in [6.07, 6.45) is 1.97. The third kappa shape index (κ3) is 5.41. The highest BCUT2D eigenvalue weighted by atomic mass is 16.5. The molecule has 1 aliphatic heterocycles. The number of hydrogen-bond acceptors (Lipinski definition) is 3. The highest BCUT2D eigenvalue weighted by molar-refractivity contribution is 5.96. The van der Waals surface area contributed by atoms with Crippen LogP contribution in [-0.4, -0.2) is 42.5 Å². The summed E-state index contributed by atoms with van der Waals surface area (Å²) in [5, 5.41) is 0. The number of carbonyl (C=O) groups is 2. The third-order valence-corrected chi connectivity index (χ3v) is 4.77. The topological polar surface area (TPSA) is 49.9 Å². The van der Waals surface area contributed by atoms with Crippen LogP contribution in [0.5, 0.6) is 0 Å². The molecule has 1 aliphatic rings. The summed E-state index contributed by atoms with van der Waals surface area (Å²) < 4.78 is 5.64. The summed E-state index contributed by atoms with van der Waals surface area (Å²) in [5.74, 6) is -0.204. The van der Waals surface area contributed by atoms with Crippen LogP contribution < -0.4 is 4.90 Å². The fraction of sp³-hybridized carbons (Fsp3) is 0.364. The van der Waals surface area contributed by atoms with Crippen LogP contribution in [0.1, 0.15) is 25.3 Å². The lowest BCUT2D eigenvalue weighted by Crippen LogP contribution is -2.44. The van der Waals surface area contributed by atoms with Crippen LogP contribution in [0.25, 0.3) is 0 Å². The van der Waals surface area contributed by atoms with Crippen molar-refractivity contribution < 1.29 is 14.3 Å². The van der Waals surface area contributed by atoms with E-state index in [9.17, 15) is 9.59 Å². The number of nitrogens with zero attached hydrogens (tertiary/aromatic N) is 2. The molecule has 0 bridgehead atoms. The van der Waals surface area contributed by atoms with E-state index in [1.807, 2.05) is 60.7 Å². The van der Waals surface area contributed by atoms with Crippen molar-refractivity contribution in [2.24, 2.45) is 0 Å². The molecule has 1 heterocycles. The Balaban J connectivity index is 1.75. The number of hydrogen-bond donors (Lipinski definition) is 0. The van der Waals surface area contributed by atoms with Gasteiger partial charge < -0.3 is 14.5 Å². The van der Waals surface area contributed by atoms with Crippen molar-refractivity contribution in [1.82, 2.24) is 4.90 Å². The minimum absolute atomic E-state index is 0.0287. The summed E-state index contributed by atoms with van der Waals surface area (Å²) in [6.45, 7) is 3.22. The van der Waals surface area contributed by atoms with Gasteiger partial charge in [-0.15, -0.1) is 0 Å². The van der Waals surface area contributed by atoms with Gasteiger partial charge in [-0.25, -0.2) is 0 Å². The van der Waals surface area contributed by atoms with Gasteiger partial charge in [-0.3, -0.25) is 9.59 Å². The number of benzene rings is 2. The molecule has 27 heavy (non-hydrogen) atoms. The van der Waals surface area contributed by atoms with E-state index in [4.69, 9.17) is 4.74 Å². The zero-order valence-corrected chi connectivity index (χ0v) is 15.7. The second kappa shape index (κ2) is 9.33. The molecule has 2 amide bonds. The van der Waals surface area contributed by atoms with Crippen molar-refractivity contribution in [1.29, 1.82) is 0 Å². The number of anilines is 1. The monoisotopic (exact) mass is 366 g/mol. The molecule has 1 unspecified atom stereocenters. The molecule has 3 rings (SSSR count). The molecule has 2 aromatic rings. The predicted molar refractivity (Wildman–Crippen MR) is 105 cm³/mol. The summed E-state index contributed by atoms with van der Waals surface area (Å²) >= 11 is 0. The second-order valence-corrected chi connectivity index (χ2v) is 6.84. The zero-order valence-electron chi connectivity index (χ0n) is 15.7. The molecule has 0 saturated carbocycles. The van der Waals surface area contributed by atoms with Crippen LogP contribution >= 0.6 is 0 Å². The van der Waals surface area contributed by atoms with Gasteiger partial charge in [-0.2, -0.15) is 0 Å². The van der Waals surface area contributed by atoms with Gasteiger partial charge in [0.15, 0.2) is 0 Å². The van der Waals surface area contributed by atoms with Gasteiger partial charge in [0.2, 0.25) is 11.8 Å². The number of para-hydroxylation sites is 1. The summed E-state index contributed by atoms with van der Waals surface area (Å²) in [6, 6.07) is 19.5. The van der Waals surface area contributed by atoms with E-state index in [-0.39, 0.29) is 24.5 Å². The minimum atomic E-state index is -0.105. The summed E-state index contributed by atoms with van der Waals surface area (Å²) in [4.78, 5) is 28.5. The molecule has 142 valence electrons. The smallest absolute Gasteiger partial charge is 0.246 e. The maximum Gasteiger partial charge on any atom is 0.246 e. The number of rotatable bonds is 7. The van der Waals surface area contributed by atoms with E-state index in [2.05, 4.69) is 0 Å². The highest BCUT2D eigenvalue weighted by Crippen LogP contribution is 2.19. The van der Waals surface area contributed by atoms with Gasteiger partial charge in [0.05, 0.1) is 12.6 Å². The lowest BCUT2D eigenvalue weighted by molar-refractivity contribution is -0.135. The molecular formula is C22H26N2O3. The molecule has 0 radical (unpaired) electrons. The first-order valence-electron chi connectivity index (χ1n) is 9.40. The SMILES string of the molecule is CC(=O)N(CC(=O)N(Cc1ccccc1)c1ccccc1)CC1CCCO1. The largest absolute Gasteiger partial charge is 0.376 e. The number of amides is 2. The van der Waals surface area contributed by atoms with Crippen molar-refractivity contribution in [3.63, 3.8) is 0 Å². The molecule has 0 N–H and O–H groups in total. The number of ether oxygens (including phenoxy) is 1. The highest BCUT2D eigenvalue weighted by Gasteiger charge is 2.25. The molecule has 5 nitrogen and oxygen atoms in total. The van der Waals surface area contributed by atoms with Gasteiger partial charge in [0, 0.05) is 25.8 Å². The normalized spacial score (nSPS) is 16.1. The molecule has 0 aliphatic carbocycles. The lowest BCUT2D eigenvalue weighted by atomic mass is 10.2. The van der Waals surface area contributed by atoms with Crippen molar-refractivity contribution in [2.45, 2.75) is 32.4 Å². The molecule has 1 fully saturated rings. The molecule has 5 heteroatoms. The quantitative estimate of drug-likeness (QED) is 0.756. The van der Waals surface area contributed by atoms with E-state index in [0.717, 1.165) is 30.7 Å². The maximum absolute atomic E-state index is 13.1. The van der Waals surface area contributed by atoms with Gasteiger partial charge in [0.1, 0.15) is 6.54 Å². The molecular weight excluding hydrogens is 340 g/mol. The minimum Gasteiger partial charge on any atom is -0.376 e. The Morgan fingerprint density at radius 1 is 1.04 bits per heavy atom. The van der Waals surface area contributed by atoms with Crippen LogP contribution in [0.3, 0.4) is 0 Å². The average molecular weight is 366 g/mol. The Morgan fingerprint density at radius 3 is 2.30 bits per heavy atom. The van der Waals surface area contributed by atoms with E-state index in [0.29, 0.717) is 13.1 Å². The van der Waals surface area contributed by atoms with Crippen molar-refractivity contribution >= 4 is 17.5 Å². The molecule has 0 aromatic heterocycles. The number of carbonyl (C=O) groups excluding carboxylic acids is 2. The van der Waals surface area contributed by atoms with E-state index < -0.39 is 0 Å². The maximum atomic E-state index is 13.1.